The van der Waals surface area contributed by atoms with Gasteiger partial charge in [-0.2, -0.15) is 0 Å². The van der Waals surface area contributed by atoms with E-state index in [1.54, 1.807) is 20.8 Å². The molecular weight excluding hydrogens is 628 g/mol. The molecule has 0 aromatic heterocycles. The normalized spacial score (nSPS) is 14.0. The van der Waals surface area contributed by atoms with Crippen LogP contribution in [0.5, 0.6) is 0 Å². The second kappa shape index (κ2) is 22.8. The lowest BCUT2D eigenvalue weighted by molar-refractivity contribution is -0.136. The van der Waals surface area contributed by atoms with E-state index >= 15 is 0 Å². The first-order valence-electron chi connectivity index (χ1n) is 15.9. The highest BCUT2D eigenvalue weighted by atomic mass is 16.3. The van der Waals surface area contributed by atoms with E-state index in [1.165, 1.54) is 0 Å². The van der Waals surface area contributed by atoms with Crippen LogP contribution in [0.15, 0.2) is 0 Å². The fraction of sp³-hybridized carbons (Fsp3) is 0.724. The quantitative estimate of drug-likeness (QED) is 0.0283. The summed E-state index contributed by atoms with van der Waals surface area (Å²) in [7, 11) is 0. The van der Waals surface area contributed by atoms with E-state index in [1.807, 2.05) is 13.8 Å². The van der Waals surface area contributed by atoms with Crippen LogP contribution >= 0.6 is 0 Å². The summed E-state index contributed by atoms with van der Waals surface area (Å²) in [5.74, 6) is -5.59. The first-order chi connectivity index (χ1) is 22.4. The van der Waals surface area contributed by atoms with E-state index < -0.39 is 78.7 Å². The number of carbonyl (C=O) groups is 6. The number of carbonyl (C=O) groups excluding carboxylic acids is 6. The first-order valence-corrected chi connectivity index (χ1v) is 15.9. The molecule has 0 aliphatic rings. The van der Waals surface area contributed by atoms with E-state index in [9.17, 15) is 33.9 Å². The molecule has 0 aromatic carbocycles. The molecule has 0 fully saturated rings. The maximum Gasteiger partial charge on any atom is 0.245 e. The minimum atomic E-state index is -1.43. The highest BCUT2D eigenvalue weighted by molar-refractivity contribution is 5.96. The summed E-state index contributed by atoms with van der Waals surface area (Å²) in [6.07, 6.45) is 1.66. The lowest BCUT2D eigenvalue weighted by atomic mass is 9.99. The smallest absolute Gasteiger partial charge is 0.245 e. The Morgan fingerprint density at radius 3 is 1.60 bits per heavy atom. The minimum Gasteiger partial charge on any atom is -0.394 e. The molecule has 0 aromatic rings. The van der Waals surface area contributed by atoms with Crippen molar-refractivity contribution in [2.75, 3.05) is 26.2 Å². The molecule has 0 aliphatic heterocycles. The van der Waals surface area contributed by atoms with Crippen molar-refractivity contribution in [1.29, 1.82) is 10.8 Å². The predicted molar refractivity (Wildman–Crippen MR) is 179 cm³/mol. The molecule has 0 saturated carbocycles. The van der Waals surface area contributed by atoms with Crippen LogP contribution in [0.25, 0.3) is 0 Å². The summed E-state index contributed by atoms with van der Waals surface area (Å²) in [6.45, 7) is 8.06. The Morgan fingerprint density at radius 2 is 1.12 bits per heavy atom. The summed E-state index contributed by atoms with van der Waals surface area (Å²) < 4.78 is 0. The highest BCUT2D eigenvalue weighted by Crippen LogP contribution is 2.11. The third-order valence-electron chi connectivity index (χ3n) is 7.03. The summed E-state index contributed by atoms with van der Waals surface area (Å²) in [4.78, 5) is 76.5. The molecule has 19 heteroatoms. The van der Waals surface area contributed by atoms with Crippen LogP contribution in [0.4, 0.5) is 0 Å². The summed E-state index contributed by atoms with van der Waals surface area (Å²) >= 11 is 0. The molecule has 0 bridgehead atoms. The zero-order valence-corrected chi connectivity index (χ0v) is 28.5. The number of nitrogens with one attached hydrogen (secondary N) is 9. The number of hydrogen-bond acceptors (Lipinski definition) is 9. The second-order valence-electron chi connectivity index (χ2n) is 12.3. The van der Waals surface area contributed by atoms with Gasteiger partial charge in [0.1, 0.15) is 24.2 Å². The number of hydrogen-bond donors (Lipinski definition) is 13. The van der Waals surface area contributed by atoms with Gasteiger partial charge in [0.15, 0.2) is 11.9 Å². The zero-order valence-electron chi connectivity index (χ0n) is 28.5. The lowest BCUT2D eigenvalue weighted by Gasteiger charge is -2.28. The van der Waals surface area contributed by atoms with Crippen molar-refractivity contribution in [2.24, 2.45) is 35.0 Å². The molecule has 48 heavy (non-hydrogen) atoms. The molecule has 0 saturated heterocycles. The van der Waals surface area contributed by atoms with E-state index in [-0.39, 0.29) is 49.6 Å². The van der Waals surface area contributed by atoms with Gasteiger partial charge in [0.05, 0.1) is 13.2 Å². The van der Waals surface area contributed by atoms with Gasteiger partial charge in [-0.25, -0.2) is 0 Å². The standard InChI is InChI=1S/C29H56N12O7/c1-15(2)12-19(39-23(44)17(5)8-6-10-35-28(31)32)26(47)38-18(9-7-11-36-29(33)34)25(46)41-22(16(3)4)27(48)40-20(14-42)24(45)37-13-21(30)43/h15-20,22,42H,6-14H2,1-5H3,(H2,30,43)(H,37,45)(H,38,47)(H,39,44)(H,40,48)(H,41,46)(H4,31,32,35)(H4,33,34,36)/t17-,18-,19-,20-,22-/m0/s1. The number of aliphatic hydroxyl groups is 1. The second-order valence-corrected chi connectivity index (χ2v) is 12.3. The van der Waals surface area contributed by atoms with Gasteiger partial charge >= 0.3 is 0 Å². The molecule has 19 nitrogen and oxygen atoms in total. The largest absolute Gasteiger partial charge is 0.394 e. The number of guanidine groups is 2. The Labute approximate surface area is 281 Å². The third kappa shape index (κ3) is 18.5. The third-order valence-corrected chi connectivity index (χ3v) is 7.03. The van der Waals surface area contributed by atoms with Crippen molar-refractivity contribution >= 4 is 47.4 Å². The average molecular weight is 685 g/mol. The molecule has 16 N–H and O–H groups in total. The van der Waals surface area contributed by atoms with Gasteiger partial charge in [-0.1, -0.05) is 34.6 Å². The molecule has 0 spiro atoms. The number of aliphatic hydroxyl groups excluding tert-OH is 1. The average Bonchev–Trinajstić information content (AvgIpc) is 2.99. The molecule has 5 atom stereocenters. The van der Waals surface area contributed by atoms with Crippen molar-refractivity contribution in [3.8, 4) is 0 Å². The maximum absolute atomic E-state index is 13.6. The maximum atomic E-state index is 13.6. The van der Waals surface area contributed by atoms with Gasteiger partial charge in [0.25, 0.3) is 0 Å². The number of amides is 6. The van der Waals surface area contributed by atoms with Crippen molar-refractivity contribution in [2.45, 2.75) is 90.9 Å². The zero-order chi connectivity index (χ0) is 37.0. The van der Waals surface area contributed by atoms with Crippen molar-refractivity contribution in [3.05, 3.63) is 0 Å². The van der Waals surface area contributed by atoms with Crippen LogP contribution in [0, 0.1) is 28.6 Å². The van der Waals surface area contributed by atoms with Gasteiger partial charge in [-0.05, 0) is 43.9 Å². The van der Waals surface area contributed by atoms with E-state index in [4.69, 9.17) is 28.0 Å². The van der Waals surface area contributed by atoms with Crippen LogP contribution in [0.2, 0.25) is 0 Å². The molecular formula is C29H56N12O7. The fourth-order valence-electron chi connectivity index (χ4n) is 4.39. The number of rotatable bonds is 23. The van der Waals surface area contributed by atoms with Gasteiger partial charge in [0, 0.05) is 19.0 Å². The lowest BCUT2D eigenvalue weighted by Crippen LogP contribution is -2.60. The van der Waals surface area contributed by atoms with Crippen molar-refractivity contribution < 1.29 is 33.9 Å². The first kappa shape index (κ1) is 43.3. The van der Waals surface area contributed by atoms with E-state index in [0.29, 0.717) is 19.4 Å². The van der Waals surface area contributed by atoms with Gasteiger partial charge in [-0.15, -0.1) is 0 Å². The highest BCUT2D eigenvalue weighted by Gasteiger charge is 2.33. The van der Waals surface area contributed by atoms with Crippen molar-refractivity contribution in [1.82, 2.24) is 37.2 Å². The molecule has 0 rings (SSSR count). The number of primary amides is 1. The SMILES string of the molecule is CC(C)C[C@H](NC(=O)[C@@H](C)CCCNC(=N)N)C(=O)N[C@@H](CCCNC(=N)N)C(=O)N[C@H](C(=O)N[C@@H](CO)C(=O)NCC(N)=O)C(C)C. The topological polar surface area (TPSA) is 333 Å². The van der Waals surface area contributed by atoms with Gasteiger partial charge in [-0.3, -0.25) is 39.6 Å². The van der Waals surface area contributed by atoms with Gasteiger partial charge < -0.3 is 59.5 Å². The van der Waals surface area contributed by atoms with Crippen LogP contribution in [-0.4, -0.2) is 103 Å². The van der Waals surface area contributed by atoms with E-state index in [2.05, 4.69) is 37.2 Å². The Balaban J connectivity index is 5.87. The Bertz CT molecular complexity index is 1120. The molecule has 0 heterocycles. The van der Waals surface area contributed by atoms with Crippen LogP contribution < -0.4 is 54.4 Å². The van der Waals surface area contributed by atoms with Gasteiger partial charge in [0.2, 0.25) is 35.4 Å². The van der Waals surface area contributed by atoms with Crippen molar-refractivity contribution in [3.63, 3.8) is 0 Å². The van der Waals surface area contributed by atoms with Crippen LogP contribution in [0.1, 0.15) is 66.7 Å². The summed E-state index contributed by atoms with van der Waals surface area (Å²) in [5, 5.41) is 42.1. The molecule has 0 radical (unpaired) electrons. The Morgan fingerprint density at radius 1 is 0.625 bits per heavy atom. The molecule has 0 aliphatic carbocycles. The minimum absolute atomic E-state index is 0.00294. The Kier molecular flexibility index (Phi) is 20.6. The predicted octanol–water partition coefficient (Wildman–Crippen LogP) is -3.62. The molecule has 0 unspecified atom stereocenters. The molecule has 6 amide bonds. The van der Waals surface area contributed by atoms with E-state index in [0.717, 1.165) is 0 Å². The monoisotopic (exact) mass is 684 g/mol. The molecule has 274 valence electrons. The van der Waals surface area contributed by atoms with Crippen LogP contribution in [-0.2, 0) is 28.8 Å². The summed E-state index contributed by atoms with van der Waals surface area (Å²) in [6, 6.07) is -4.78. The fourth-order valence-corrected chi connectivity index (χ4v) is 4.39. The van der Waals surface area contributed by atoms with Crippen LogP contribution in [0.3, 0.4) is 0 Å². The summed E-state index contributed by atoms with van der Waals surface area (Å²) in [5.41, 5.74) is 15.7. The Hall–Kier alpha value is -4.68. The number of nitrogens with two attached hydrogens (primary N) is 3.